The molecule has 1 aliphatic rings. The van der Waals surface area contributed by atoms with Crippen molar-refractivity contribution in [1.29, 1.82) is 0 Å². The number of aryl methyl sites for hydroxylation is 1. The standard InChI is InChI=1S/C22H17F2N7O/c1-12-2-3-14(20-25-10-19(24)31(12)20)16-9-27-22(30-11-28-29-21(16)30)26-8-15-13-6-7-32-18(13)5-4-17(15)23/h2-5,9-11H,6-8H2,1H3,(H,26,27). The maximum absolute atomic E-state index is 14.5. The molecule has 0 radical (unpaired) electrons. The summed E-state index contributed by atoms with van der Waals surface area (Å²) in [5.74, 6) is 0.449. The van der Waals surface area contributed by atoms with Crippen molar-refractivity contribution in [3.8, 4) is 16.9 Å². The summed E-state index contributed by atoms with van der Waals surface area (Å²) in [6, 6.07) is 6.75. The summed E-state index contributed by atoms with van der Waals surface area (Å²) in [5.41, 5.74) is 4.49. The van der Waals surface area contributed by atoms with Crippen LogP contribution in [0.4, 0.5) is 14.7 Å². The van der Waals surface area contributed by atoms with Crippen molar-refractivity contribution in [3.63, 3.8) is 0 Å². The molecule has 0 saturated heterocycles. The Morgan fingerprint density at radius 1 is 1.06 bits per heavy atom. The first-order valence-corrected chi connectivity index (χ1v) is 10.1. The highest BCUT2D eigenvalue weighted by Crippen LogP contribution is 2.32. The fraction of sp³-hybridized carbons (Fsp3) is 0.182. The second kappa shape index (κ2) is 6.98. The fourth-order valence-electron chi connectivity index (χ4n) is 4.23. The van der Waals surface area contributed by atoms with Crippen LogP contribution in [0.2, 0.25) is 0 Å². The van der Waals surface area contributed by atoms with E-state index in [0.717, 1.165) is 17.0 Å². The third-order valence-corrected chi connectivity index (χ3v) is 5.79. The summed E-state index contributed by atoms with van der Waals surface area (Å²) in [6.45, 7) is 2.59. The molecule has 5 heterocycles. The van der Waals surface area contributed by atoms with Gasteiger partial charge in [0.25, 0.3) is 0 Å². The van der Waals surface area contributed by atoms with Gasteiger partial charge in [-0.3, -0.25) is 8.80 Å². The lowest BCUT2D eigenvalue weighted by atomic mass is 10.0. The van der Waals surface area contributed by atoms with Crippen molar-refractivity contribution in [2.24, 2.45) is 0 Å². The van der Waals surface area contributed by atoms with Gasteiger partial charge in [0.2, 0.25) is 11.9 Å². The van der Waals surface area contributed by atoms with Gasteiger partial charge >= 0.3 is 0 Å². The van der Waals surface area contributed by atoms with E-state index in [-0.39, 0.29) is 12.4 Å². The topological polar surface area (TPSA) is 81.6 Å². The number of hydrogen-bond acceptors (Lipinski definition) is 6. The van der Waals surface area contributed by atoms with Gasteiger partial charge < -0.3 is 10.1 Å². The molecule has 0 atom stereocenters. The maximum Gasteiger partial charge on any atom is 0.218 e. The summed E-state index contributed by atoms with van der Waals surface area (Å²) in [7, 11) is 0. The number of aromatic nitrogens is 6. The van der Waals surface area contributed by atoms with Gasteiger partial charge in [0.1, 0.15) is 23.5 Å². The number of rotatable bonds is 4. The molecule has 8 nitrogen and oxygen atoms in total. The van der Waals surface area contributed by atoms with Crippen molar-refractivity contribution in [2.45, 2.75) is 19.9 Å². The lowest BCUT2D eigenvalue weighted by Crippen LogP contribution is -2.10. The third-order valence-electron chi connectivity index (χ3n) is 5.79. The van der Waals surface area contributed by atoms with Crippen LogP contribution in [0.25, 0.3) is 22.4 Å². The Kier molecular flexibility index (Phi) is 4.07. The molecule has 160 valence electrons. The van der Waals surface area contributed by atoms with E-state index in [1.54, 1.807) is 16.7 Å². The van der Waals surface area contributed by atoms with Crippen molar-refractivity contribution in [1.82, 2.24) is 29.0 Å². The summed E-state index contributed by atoms with van der Waals surface area (Å²) in [5, 5.41) is 11.4. The molecular formula is C22H17F2N7O. The normalized spacial score (nSPS) is 13.0. The van der Waals surface area contributed by atoms with Crippen molar-refractivity contribution in [3.05, 3.63) is 71.6 Å². The largest absolute Gasteiger partial charge is 0.493 e. The summed E-state index contributed by atoms with van der Waals surface area (Å²) < 4.78 is 37.4. The molecule has 32 heavy (non-hydrogen) atoms. The lowest BCUT2D eigenvalue weighted by molar-refractivity contribution is 0.356. The average molecular weight is 433 g/mol. The minimum Gasteiger partial charge on any atom is -0.493 e. The van der Waals surface area contributed by atoms with Crippen LogP contribution in [0.15, 0.2) is 43.0 Å². The van der Waals surface area contributed by atoms with Crippen LogP contribution in [0.5, 0.6) is 5.75 Å². The Morgan fingerprint density at radius 3 is 2.88 bits per heavy atom. The van der Waals surface area contributed by atoms with E-state index in [1.165, 1.54) is 23.0 Å². The number of halogens is 2. The van der Waals surface area contributed by atoms with Crippen LogP contribution in [0.1, 0.15) is 16.8 Å². The Balaban J connectivity index is 1.41. The quantitative estimate of drug-likeness (QED) is 0.467. The first kappa shape index (κ1) is 18.7. The number of nitrogens with one attached hydrogen (secondary N) is 1. The maximum atomic E-state index is 14.5. The van der Waals surface area contributed by atoms with Gasteiger partial charge in [-0.25, -0.2) is 14.4 Å². The van der Waals surface area contributed by atoms with Crippen molar-refractivity contribution >= 4 is 17.2 Å². The molecule has 0 unspecified atom stereocenters. The molecule has 1 N–H and O–H groups in total. The third kappa shape index (κ3) is 2.72. The summed E-state index contributed by atoms with van der Waals surface area (Å²) in [4.78, 5) is 8.74. The van der Waals surface area contributed by atoms with Crippen LogP contribution >= 0.6 is 0 Å². The van der Waals surface area contributed by atoms with Crippen LogP contribution < -0.4 is 10.1 Å². The number of benzene rings is 1. The van der Waals surface area contributed by atoms with E-state index in [9.17, 15) is 8.78 Å². The molecule has 5 aromatic rings. The minimum atomic E-state index is -0.440. The average Bonchev–Trinajstić information content (AvgIpc) is 3.53. The van der Waals surface area contributed by atoms with Gasteiger partial charge in [-0.2, -0.15) is 4.39 Å². The minimum absolute atomic E-state index is 0.234. The zero-order chi connectivity index (χ0) is 21.8. The van der Waals surface area contributed by atoms with E-state index in [4.69, 9.17) is 4.74 Å². The number of hydrogen-bond donors (Lipinski definition) is 1. The van der Waals surface area contributed by atoms with Gasteiger partial charge in [0.15, 0.2) is 5.65 Å². The second-order valence-electron chi connectivity index (χ2n) is 7.60. The molecule has 0 aliphatic carbocycles. The van der Waals surface area contributed by atoms with Gasteiger partial charge in [-0.1, -0.05) is 0 Å². The summed E-state index contributed by atoms with van der Waals surface area (Å²) in [6.07, 6.45) is 5.02. The Hall–Kier alpha value is -4.08. The van der Waals surface area contributed by atoms with E-state index < -0.39 is 5.95 Å². The van der Waals surface area contributed by atoms with E-state index in [2.05, 4.69) is 25.5 Å². The highest BCUT2D eigenvalue weighted by atomic mass is 19.1. The SMILES string of the molecule is Cc1ccc(-c2cnc(NCc3c(F)ccc4c3CCO4)n3cnnc23)c2ncc(F)n12. The van der Waals surface area contributed by atoms with Crippen LogP contribution in [-0.4, -0.2) is 35.6 Å². The predicted molar refractivity (Wildman–Crippen MR) is 113 cm³/mol. The zero-order valence-corrected chi connectivity index (χ0v) is 17.0. The van der Waals surface area contributed by atoms with Gasteiger partial charge in [-0.05, 0) is 31.2 Å². The smallest absolute Gasteiger partial charge is 0.218 e. The van der Waals surface area contributed by atoms with Crippen LogP contribution in [0, 0.1) is 18.7 Å². The molecule has 0 saturated carbocycles. The zero-order valence-electron chi connectivity index (χ0n) is 17.0. The number of ether oxygens (including phenoxy) is 1. The van der Waals surface area contributed by atoms with Gasteiger partial charge in [-0.15, -0.1) is 10.2 Å². The fourth-order valence-corrected chi connectivity index (χ4v) is 4.23. The predicted octanol–water partition coefficient (Wildman–Crippen LogP) is 3.57. The van der Waals surface area contributed by atoms with Crippen molar-refractivity contribution < 1.29 is 13.5 Å². The molecule has 0 spiro atoms. The molecule has 1 aliphatic heterocycles. The summed E-state index contributed by atoms with van der Waals surface area (Å²) >= 11 is 0. The Labute approximate surface area is 180 Å². The Bertz CT molecular complexity index is 1510. The molecular weight excluding hydrogens is 416 g/mol. The van der Waals surface area contributed by atoms with Crippen LogP contribution in [-0.2, 0) is 13.0 Å². The number of nitrogens with zero attached hydrogens (tertiary/aromatic N) is 6. The molecule has 4 aromatic heterocycles. The molecule has 0 fully saturated rings. The van der Waals surface area contributed by atoms with Gasteiger partial charge in [0, 0.05) is 47.1 Å². The van der Waals surface area contributed by atoms with E-state index in [0.29, 0.717) is 47.0 Å². The first-order valence-electron chi connectivity index (χ1n) is 10.1. The highest BCUT2D eigenvalue weighted by Gasteiger charge is 2.21. The molecule has 1 aromatic carbocycles. The monoisotopic (exact) mass is 433 g/mol. The van der Waals surface area contributed by atoms with Gasteiger partial charge in [0.05, 0.1) is 12.8 Å². The molecule has 0 amide bonds. The van der Waals surface area contributed by atoms with E-state index >= 15 is 0 Å². The number of pyridine rings is 1. The molecule has 10 heteroatoms. The Morgan fingerprint density at radius 2 is 1.97 bits per heavy atom. The number of imidazole rings is 1. The lowest BCUT2D eigenvalue weighted by Gasteiger charge is -2.13. The van der Waals surface area contributed by atoms with E-state index in [1.807, 2.05) is 19.1 Å². The second-order valence-corrected chi connectivity index (χ2v) is 7.60. The number of fused-ring (bicyclic) bond motifs is 3. The molecule has 6 rings (SSSR count). The van der Waals surface area contributed by atoms with Crippen molar-refractivity contribution in [2.75, 3.05) is 11.9 Å². The van der Waals surface area contributed by atoms with Crippen LogP contribution in [0.3, 0.4) is 0 Å². The molecule has 0 bridgehead atoms. The number of anilines is 1. The highest BCUT2D eigenvalue weighted by molar-refractivity contribution is 5.86. The first-order chi connectivity index (χ1) is 15.6.